The fraction of sp³-hybridized carbons (Fsp3) is 0.294. The van der Waals surface area contributed by atoms with E-state index in [1.807, 2.05) is 18.2 Å². The molecular formula is C17H18ClNO. The Kier molecular flexibility index (Phi) is 3.95. The number of anilines is 1. The molecule has 0 bridgehead atoms. The highest BCUT2D eigenvalue weighted by molar-refractivity contribution is 6.30. The quantitative estimate of drug-likeness (QED) is 0.905. The maximum absolute atomic E-state index is 6.05. The van der Waals surface area contributed by atoms with E-state index in [0.29, 0.717) is 0 Å². The van der Waals surface area contributed by atoms with Gasteiger partial charge in [0.1, 0.15) is 0 Å². The number of ether oxygens (including phenoxy) is 1. The van der Waals surface area contributed by atoms with Crippen LogP contribution in [0.1, 0.15) is 22.8 Å². The number of halogens is 1. The first-order valence-electron chi connectivity index (χ1n) is 6.93. The highest BCUT2D eigenvalue weighted by Crippen LogP contribution is 2.28. The van der Waals surface area contributed by atoms with Crippen molar-refractivity contribution in [2.45, 2.75) is 19.4 Å². The molecule has 0 fully saturated rings. The van der Waals surface area contributed by atoms with Gasteiger partial charge in [-0.05, 0) is 42.2 Å². The summed E-state index contributed by atoms with van der Waals surface area (Å²) in [5.41, 5.74) is 4.96. The number of rotatable bonds is 3. The Bertz CT molecular complexity index is 612. The first kappa shape index (κ1) is 13.5. The Hall–Kier alpha value is -1.51. The number of hydrogen-bond donors (Lipinski definition) is 1. The van der Waals surface area contributed by atoms with Crippen molar-refractivity contribution < 1.29 is 4.74 Å². The molecule has 1 aliphatic rings. The van der Waals surface area contributed by atoms with Gasteiger partial charge in [-0.3, -0.25) is 0 Å². The van der Waals surface area contributed by atoms with E-state index in [4.69, 9.17) is 16.3 Å². The molecule has 3 heteroatoms. The van der Waals surface area contributed by atoms with Crippen LogP contribution in [-0.2, 0) is 11.2 Å². The molecule has 0 saturated heterocycles. The van der Waals surface area contributed by atoms with Crippen molar-refractivity contribution >= 4 is 17.3 Å². The van der Waals surface area contributed by atoms with Crippen molar-refractivity contribution in [2.75, 3.05) is 18.5 Å². The summed E-state index contributed by atoms with van der Waals surface area (Å²) in [6.07, 6.45) is 1.11. The molecule has 0 aromatic heterocycles. The summed E-state index contributed by atoms with van der Waals surface area (Å²) in [5, 5.41) is 4.21. The van der Waals surface area contributed by atoms with E-state index in [0.717, 1.165) is 30.3 Å². The number of benzene rings is 2. The average Bonchev–Trinajstić information content (AvgIpc) is 2.48. The van der Waals surface area contributed by atoms with E-state index < -0.39 is 0 Å². The van der Waals surface area contributed by atoms with Crippen molar-refractivity contribution in [2.24, 2.45) is 0 Å². The molecule has 1 aliphatic heterocycles. The third-order valence-corrected chi connectivity index (χ3v) is 4.01. The minimum Gasteiger partial charge on any atom is -0.382 e. The van der Waals surface area contributed by atoms with Crippen LogP contribution >= 0.6 is 11.6 Å². The van der Waals surface area contributed by atoms with E-state index in [1.54, 1.807) is 0 Å². The first-order valence-corrected chi connectivity index (χ1v) is 7.31. The van der Waals surface area contributed by atoms with Crippen molar-refractivity contribution in [3.8, 4) is 0 Å². The van der Waals surface area contributed by atoms with Crippen LogP contribution in [0, 0.1) is 6.92 Å². The second-order valence-corrected chi connectivity index (χ2v) is 5.58. The highest BCUT2D eigenvalue weighted by Gasteiger charge is 2.20. The molecule has 1 heterocycles. The van der Waals surface area contributed by atoms with Crippen LogP contribution in [0.15, 0.2) is 42.5 Å². The number of hydrogen-bond acceptors (Lipinski definition) is 2. The Morgan fingerprint density at radius 2 is 2.10 bits per heavy atom. The largest absolute Gasteiger partial charge is 0.382 e. The molecular weight excluding hydrogens is 270 g/mol. The zero-order chi connectivity index (χ0) is 13.9. The molecule has 1 N–H and O–H groups in total. The molecule has 0 aliphatic carbocycles. The van der Waals surface area contributed by atoms with Crippen LogP contribution < -0.4 is 5.32 Å². The van der Waals surface area contributed by atoms with Crippen molar-refractivity contribution in [3.05, 3.63) is 64.2 Å². The maximum atomic E-state index is 6.05. The Morgan fingerprint density at radius 1 is 1.25 bits per heavy atom. The Labute approximate surface area is 124 Å². The van der Waals surface area contributed by atoms with E-state index in [2.05, 4.69) is 36.5 Å². The summed E-state index contributed by atoms with van der Waals surface area (Å²) in [5.74, 6) is 0. The lowest BCUT2D eigenvalue weighted by Gasteiger charge is -2.26. The molecule has 104 valence electrons. The SMILES string of the molecule is Cc1ccc(Cl)cc1NCC1OCCc2ccccc21. The van der Waals surface area contributed by atoms with E-state index in [1.165, 1.54) is 16.7 Å². The van der Waals surface area contributed by atoms with Gasteiger partial charge >= 0.3 is 0 Å². The molecule has 2 aromatic carbocycles. The molecule has 1 unspecified atom stereocenters. The molecule has 20 heavy (non-hydrogen) atoms. The standard InChI is InChI=1S/C17H18ClNO/c1-12-6-7-14(18)10-16(12)19-11-17-15-5-3-2-4-13(15)8-9-20-17/h2-7,10,17,19H,8-9,11H2,1H3. The van der Waals surface area contributed by atoms with Crippen molar-refractivity contribution in [3.63, 3.8) is 0 Å². The van der Waals surface area contributed by atoms with Crippen molar-refractivity contribution in [1.29, 1.82) is 0 Å². The van der Waals surface area contributed by atoms with Gasteiger partial charge in [-0.2, -0.15) is 0 Å². The van der Waals surface area contributed by atoms with Crippen LogP contribution in [0.4, 0.5) is 5.69 Å². The molecule has 3 rings (SSSR count). The zero-order valence-electron chi connectivity index (χ0n) is 11.5. The fourth-order valence-corrected chi connectivity index (χ4v) is 2.81. The summed E-state index contributed by atoms with van der Waals surface area (Å²) >= 11 is 6.05. The van der Waals surface area contributed by atoms with Gasteiger partial charge in [0, 0.05) is 17.3 Å². The lowest BCUT2D eigenvalue weighted by molar-refractivity contribution is 0.0513. The second kappa shape index (κ2) is 5.86. The molecule has 0 amide bonds. The van der Waals surface area contributed by atoms with Gasteiger partial charge in [0.05, 0.1) is 12.7 Å². The minimum absolute atomic E-state index is 0.110. The number of aryl methyl sites for hydroxylation is 1. The summed E-state index contributed by atoms with van der Waals surface area (Å²) in [6, 6.07) is 14.4. The van der Waals surface area contributed by atoms with Gasteiger partial charge in [-0.1, -0.05) is 41.9 Å². The lowest BCUT2D eigenvalue weighted by Crippen LogP contribution is -2.22. The van der Waals surface area contributed by atoms with Gasteiger partial charge in [0.25, 0.3) is 0 Å². The Morgan fingerprint density at radius 3 is 3.00 bits per heavy atom. The molecule has 2 nitrogen and oxygen atoms in total. The number of nitrogens with one attached hydrogen (secondary N) is 1. The first-order chi connectivity index (χ1) is 9.74. The van der Waals surface area contributed by atoms with Crippen LogP contribution in [0.2, 0.25) is 5.02 Å². The van der Waals surface area contributed by atoms with Gasteiger partial charge in [0.15, 0.2) is 0 Å². The molecule has 0 spiro atoms. The van der Waals surface area contributed by atoms with Crippen LogP contribution in [0.5, 0.6) is 0 Å². The van der Waals surface area contributed by atoms with E-state index in [-0.39, 0.29) is 6.10 Å². The predicted molar refractivity (Wildman–Crippen MR) is 83.5 cm³/mol. The maximum Gasteiger partial charge on any atom is 0.0999 e. The summed E-state index contributed by atoms with van der Waals surface area (Å²) in [4.78, 5) is 0. The molecule has 2 aromatic rings. The lowest BCUT2D eigenvalue weighted by atomic mass is 9.97. The van der Waals surface area contributed by atoms with Gasteiger partial charge in [-0.15, -0.1) is 0 Å². The third kappa shape index (κ3) is 2.82. The van der Waals surface area contributed by atoms with Gasteiger partial charge in [-0.25, -0.2) is 0 Å². The van der Waals surface area contributed by atoms with E-state index >= 15 is 0 Å². The zero-order valence-corrected chi connectivity index (χ0v) is 12.3. The summed E-state index contributed by atoms with van der Waals surface area (Å²) in [7, 11) is 0. The second-order valence-electron chi connectivity index (χ2n) is 5.15. The predicted octanol–water partition coefficient (Wildman–Crippen LogP) is 4.37. The van der Waals surface area contributed by atoms with Crippen molar-refractivity contribution in [1.82, 2.24) is 0 Å². The molecule has 1 atom stereocenters. The summed E-state index contributed by atoms with van der Waals surface area (Å²) in [6.45, 7) is 3.63. The van der Waals surface area contributed by atoms with Gasteiger partial charge in [0.2, 0.25) is 0 Å². The summed E-state index contributed by atoms with van der Waals surface area (Å²) < 4.78 is 5.90. The molecule has 0 radical (unpaired) electrons. The van der Waals surface area contributed by atoms with Crippen LogP contribution in [-0.4, -0.2) is 13.2 Å². The fourth-order valence-electron chi connectivity index (χ4n) is 2.63. The molecule has 0 saturated carbocycles. The monoisotopic (exact) mass is 287 g/mol. The van der Waals surface area contributed by atoms with Crippen LogP contribution in [0.3, 0.4) is 0 Å². The van der Waals surface area contributed by atoms with Crippen LogP contribution in [0.25, 0.3) is 0 Å². The highest BCUT2D eigenvalue weighted by atomic mass is 35.5. The topological polar surface area (TPSA) is 21.3 Å². The average molecular weight is 288 g/mol. The normalized spacial score (nSPS) is 17.6. The van der Waals surface area contributed by atoms with Gasteiger partial charge < -0.3 is 10.1 Å². The van der Waals surface area contributed by atoms with E-state index in [9.17, 15) is 0 Å². The minimum atomic E-state index is 0.110. The third-order valence-electron chi connectivity index (χ3n) is 3.77. The Balaban J connectivity index is 1.75. The smallest absolute Gasteiger partial charge is 0.0999 e. The number of fused-ring (bicyclic) bond motifs is 1.